The number of Topliss-reactive ketones (excluding diaryl/α,β-unsaturated/α-hetero) is 4. The number of carbonyl (C=O) groups excluding carboxylic acids is 5. The van der Waals surface area contributed by atoms with Crippen molar-refractivity contribution in [2.75, 3.05) is 7.11 Å². The summed E-state index contributed by atoms with van der Waals surface area (Å²) in [6.45, 7) is 6.71. The molecule has 3 aromatic carbocycles. The summed E-state index contributed by atoms with van der Waals surface area (Å²) in [5.74, 6) is -11.4. The normalized spacial score (nSPS) is 26.6. The highest BCUT2D eigenvalue weighted by molar-refractivity contribution is 6.32. The number of nitrogens with one attached hydrogen (secondary N) is 1. The number of nitrogens with two attached hydrogens (primary N) is 1. The summed E-state index contributed by atoms with van der Waals surface area (Å²) in [6, 6.07) is 17.1. The van der Waals surface area contributed by atoms with Gasteiger partial charge in [-0.3, -0.25) is 24.0 Å². The number of rotatable bonds is 8. The molecule has 10 nitrogen and oxygen atoms in total. The summed E-state index contributed by atoms with van der Waals surface area (Å²) >= 11 is 0. The molecule has 10 heteroatoms. The Balaban J connectivity index is 1.39. The number of hydrogen-bond donors (Lipinski definition) is 4. The number of hydrogen-bond acceptors (Lipinski definition) is 9. The molecule has 48 heavy (non-hydrogen) atoms. The van der Waals surface area contributed by atoms with Crippen LogP contribution in [0.25, 0.3) is 11.1 Å². The van der Waals surface area contributed by atoms with Gasteiger partial charge in [-0.25, -0.2) is 0 Å². The van der Waals surface area contributed by atoms with Gasteiger partial charge in [0.2, 0.25) is 5.91 Å². The van der Waals surface area contributed by atoms with Crippen LogP contribution in [-0.2, 0) is 38.7 Å². The summed E-state index contributed by atoms with van der Waals surface area (Å²) in [5, 5.41) is 26.3. The molecule has 0 bridgehead atoms. The van der Waals surface area contributed by atoms with Crippen LogP contribution in [0.1, 0.15) is 52.9 Å². The van der Waals surface area contributed by atoms with E-state index in [4.69, 9.17) is 10.5 Å². The Morgan fingerprint density at radius 2 is 1.71 bits per heavy atom. The number of ether oxygens (including phenoxy) is 1. The standard InChI is InChI=1S/C38H40N2O8/c1-18(2)29-26-15-22-14-25-23(24-13-21(8-11-28(24)48-4)17-40-16-20-7-5-6-19(3)12-20)9-10-27(41)31(25)34(43)30(22)35(44)38(26,47)36(45)32(33(29)42)37(39)46/h5-13,18,22,26,29-30,32,40-41,47H,14-17H2,1-4H3,(H2,39,46)/t22-,26-,29-,30?,32?,38-/m0/s1. The third kappa shape index (κ3) is 5.23. The molecule has 1 amide bonds. The number of phenolic OH excluding ortho intramolecular Hbond substituents is 1. The first-order valence-electron chi connectivity index (χ1n) is 16.3. The minimum Gasteiger partial charge on any atom is -0.507 e. The minimum absolute atomic E-state index is 0.0129. The predicted octanol–water partition coefficient (Wildman–Crippen LogP) is 3.48. The van der Waals surface area contributed by atoms with Crippen LogP contribution in [0.5, 0.6) is 11.5 Å². The van der Waals surface area contributed by atoms with Crippen molar-refractivity contribution in [2.24, 2.45) is 41.2 Å². The molecular weight excluding hydrogens is 612 g/mol. The Kier molecular flexibility index (Phi) is 8.59. The number of fused-ring (bicyclic) bond motifs is 3. The fourth-order valence-corrected chi connectivity index (χ4v) is 8.36. The van der Waals surface area contributed by atoms with Gasteiger partial charge in [0, 0.05) is 30.5 Å². The monoisotopic (exact) mass is 652 g/mol. The molecule has 2 saturated carbocycles. The lowest BCUT2D eigenvalue weighted by atomic mass is 9.49. The van der Waals surface area contributed by atoms with E-state index < -0.39 is 70.1 Å². The second-order valence-corrected chi connectivity index (χ2v) is 13.8. The van der Waals surface area contributed by atoms with Crippen molar-refractivity contribution in [3.63, 3.8) is 0 Å². The van der Waals surface area contributed by atoms with E-state index >= 15 is 0 Å². The topological polar surface area (TPSA) is 173 Å². The number of carbonyl (C=O) groups is 5. The Labute approximate surface area is 278 Å². The van der Waals surface area contributed by atoms with Gasteiger partial charge in [0.05, 0.1) is 18.6 Å². The second kappa shape index (κ2) is 12.4. The van der Waals surface area contributed by atoms with Crippen molar-refractivity contribution < 1.29 is 38.9 Å². The van der Waals surface area contributed by atoms with Gasteiger partial charge in [0.25, 0.3) is 0 Å². The van der Waals surface area contributed by atoms with Crippen molar-refractivity contribution in [2.45, 2.75) is 52.3 Å². The first kappa shape index (κ1) is 33.2. The van der Waals surface area contributed by atoms with Crippen LogP contribution < -0.4 is 15.8 Å². The van der Waals surface area contributed by atoms with E-state index in [1.54, 1.807) is 27.0 Å². The maximum absolute atomic E-state index is 14.2. The molecule has 6 rings (SSSR count). The third-order valence-electron chi connectivity index (χ3n) is 10.5. The van der Waals surface area contributed by atoms with Crippen molar-refractivity contribution in [1.29, 1.82) is 0 Å². The molecule has 3 aliphatic rings. The zero-order chi connectivity index (χ0) is 34.7. The van der Waals surface area contributed by atoms with E-state index in [1.807, 2.05) is 37.3 Å². The third-order valence-corrected chi connectivity index (χ3v) is 10.5. The molecule has 6 atom stereocenters. The highest BCUT2D eigenvalue weighted by Crippen LogP contribution is 2.54. The summed E-state index contributed by atoms with van der Waals surface area (Å²) in [5.41, 5.74) is 7.79. The van der Waals surface area contributed by atoms with E-state index in [2.05, 4.69) is 17.4 Å². The average Bonchev–Trinajstić information content (AvgIpc) is 3.02. The molecule has 0 saturated heterocycles. The van der Waals surface area contributed by atoms with Gasteiger partial charge in [-0.1, -0.05) is 55.8 Å². The largest absolute Gasteiger partial charge is 0.507 e. The Morgan fingerprint density at radius 3 is 2.35 bits per heavy atom. The molecule has 0 heterocycles. The Bertz CT molecular complexity index is 1860. The molecule has 3 aromatic rings. The van der Waals surface area contributed by atoms with Gasteiger partial charge in [0.1, 0.15) is 11.5 Å². The van der Waals surface area contributed by atoms with Crippen molar-refractivity contribution in [3.8, 4) is 22.6 Å². The van der Waals surface area contributed by atoms with Crippen molar-refractivity contribution in [1.82, 2.24) is 5.32 Å². The van der Waals surface area contributed by atoms with Gasteiger partial charge >= 0.3 is 0 Å². The Hall–Kier alpha value is -4.67. The second-order valence-electron chi connectivity index (χ2n) is 13.8. The summed E-state index contributed by atoms with van der Waals surface area (Å²) in [7, 11) is 1.55. The van der Waals surface area contributed by atoms with Crippen LogP contribution in [0.2, 0.25) is 0 Å². The van der Waals surface area contributed by atoms with E-state index in [-0.39, 0.29) is 24.2 Å². The van der Waals surface area contributed by atoms with Crippen molar-refractivity contribution >= 4 is 29.0 Å². The van der Waals surface area contributed by atoms with Gasteiger partial charge < -0.3 is 26.0 Å². The molecule has 0 aliphatic heterocycles. The number of methoxy groups -OCH3 is 1. The number of aromatic hydroxyl groups is 1. The molecule has 0 aromatic heterocycles. The fourth-order valence-electron chi connectivity index (χ4n) is 8.36. The molecule has 250 valence electrons. The average molecular weight is 653 g/mol. The summed E-state index contributed by atoms with van der Waals surface area (Å²) in [6.07, 6.45) is 0.179. The SMILES string of the molecule is COc1ccc(CNCc2cccc(C)c2)cc1-c1ccc(O)c2c1C[C@H]1C[C@H]3[C@H](C(C)C)C(=O)C(C(N)=O)C(=O)[C@@]3(O)C(=O)C1C2=O. The van der Waals surface area contributed by atoms with Gasteiger partial charge in [-0.05, 0) is 72.1 Å². The molecular formula is C38H40N2O8. The van der Waals surface area contributed by atoms with Crippen LogP contribution in [-0.4, -0.2) is 52.0 Å². The van der Waals surface area contributed by atoms with Crippen LogP contribution in [0.15, 0.2) is 54.6 Å². The van der Waals surface area contributed by atoms with Gasteiger partial charge in [-0.15, -0.1) is 0 Å². The molecule has 3 aliphatic carbocycles. The van der Waals surface area contributed by atoms with E-state index in [1.165, 1.54) is 11.6 Å². The molecule has 2 unspecified atom stereocenters. The highest BCUT2D eigenvalue weighted by Gasteiger charge is 2.69. The highest BCUT2D eigenvalue weighted by atomic mass is 16.5. The lowest BCUT2D eigenvalue weighted by molar-refractivity contribution is -0.182. The molecule has 2 fully saturated rings. The number of aliphatic hydroxyl groups is 1. The maximum atomic E-state index is 14.2. The maximum Gasteiger partial charge on any atom is 0.235 e. The number of ketones is 4. The van der Waals surface area contributed by atoms with Crippen LogP contribution >= 0.6 is 0 Å². The van der Waals surface area contributed by atoms with Gasteiger partial charge in [-0.2, -0.15) is 0 Å². The molecule has 0 radical (unpaired) electrons. The molecule has 0 spiro atoms. The van der Waals surface area contributed by atoms with Crippen LogP contribution in [0, 0.1) is 42.4 Å². The smallest absolute Gasteiger partial charge is 0.235 e. The Morgan fingerprint density at radius 1 is 1.00 bits per heavy atom. The predicted molar refractivity (Wildman–Crippen MR) is 176 cm³/mol. The van der Waals surface area contributed by atoms with Gasteiger partial charge in [0.15, 0.2) is 34.7 Å². The summed E-state index contributed by atoms with van der Waals surface area (Å²) < 4.78 is 5.72. The van der Waals surface area contributed by atoms with E-state index in [0.29, 0.717) is 35.5 Å². The summed E-state index contributed by atoms with van der Waals surface area (Å²) in [4.78, 5) is 67.6. The number of primary amides is 1. The first-order valence-corrected chi connectivity index (χ1v) is 16.3. The zero-order valence-corrected chi connectivity index (χ0v) is 27.4. The molecule has 5 N–H and O–H groups in total. The number of aryl methyl sites for hydroxylation is 1. The van der Waals surface area contributed by atoms with Crippen LogP contribution in [0.4, 0.5) is 0 Å². The number of amides is 1. The lowest BCUT2D eigenvalue weighted by Gasteiger charge is -2.52. The zero-order valence-electron chi connectivity index (χ0n) is 27.4. The van der Waals surface area contributed by atoms with Crippen molar-refractivity contribution in [3.05, 3.63) is 82.4 Å². The van der Waals surface area contributed by atoms with Crippen LogP contribution in [0.3, 0.4) is 0 Å². The minimum atomic E-state index is -2.73. The lowest BCUT2D eigenvalue weighted by Crippen LogP contribution is -2.71. The quantitative estimate of drug-likeness (QED) is 0.266. The number of phenols is 1. The number of benzene rings is 3. The van der Waals surface area contributed by atoms with E-state index in [9.17, 15) is 34.2 Å². The fraction of sp³-hybridized carbons (Fsp3) is 0.395. The first-order chi connectivity index (χ1) is 22.8. The van der Waals surface area contributed by atoms with E-state index in [0.717, 1.165) is 11.1 Å².